The van der Waals surface area contributed by atoms with Crippen LogP contribution in [0, 0.1) is 11.7 Å². The van der Waals surface area contributed by atoms with Gasteiger partial charge in [0.2, 0.25) is 0 Å². The van der Waals surface area contributed by atoms with Crippen molar-refractivity contribution in [2.75, 3.05) is 12.8 Å². The molecule has 0 aliphatic heterocycles. The summed E-state index contributed by atoms with van der Waals surface area (Å²) in [7, 11) is 0. The van der Waals surface area contributed by atoms with Crippen molar-refractivity contribution in [3.63, 3.8) is 0 Å². The fraction of sp³-hybridized carbons (Fsp3) is 0.562. The fourth-order valence-electron chi connectivity index (χ4n) is 1.76. The van der Waals surface area contributed by atoms with Gasteiger partial charge in [-0.2, -0.15) is 11.8 Å². The quantitative estimate of drug-likeness (QED) is 0.721. The normalized spacial score (nSPS) is 13.8. The van der Waals surface area contributed by atoms with E-state index in [4.69, 9.17) is 0 Å². The van der Waals surface area contributed by atoms with E-state index < -0.39 is 5.60 Å². The van der Waals surface area contributed by atoms with Gasteiger partial charge in [0.25, 0.3) is 0 Å². The summed E-state index contributed by atoms with van der Waals surface area (Å²) in [5.74, 6) is 0.460. The number of rotatable bonds is 7. The molecule has 0 bridgehead atoms. The average Bonchev–Trinajstić information content (AvgIpc) is 2.44. The Kier molecular flexibility index (Phi) is 7.16. The van der Waals surface area contributed by atoms with Crippen LogP contribution in [0.3, 0.4) is 0 Å². The van der Waals surface area contributed by atoms with Gasteiger partial charge < -0.3 is 15.7 Å². The number of hydrogen-bond donors (Lipinski definition) is 3. The van der Waals surface area contributed by atoms with E-state index in [0.717, 1.165) is 11.1 Å². The molecule has 1 aromatic carbocycles. The van der Waals surface area contributed by atoms with Crippen molar-refractivity contribution in [3.05, 3.63) is 35.1 Å². The first-order valence-corrected chi connectivity index (χ1v) is 8.66. The van der Waals surface area contributed by atoms with Gasteiger partial charge in [-0.3, -0.25) is 0 Å². The zero-order valence-electron chi connectivity index (χ0n) is 13.6. The molecular weight excluding hydrogens is 303 g/mol. The van der Waals surface area contributed by atoms with Crippen LogP contribution in [-0.2, 0) is 12.3 Å². The van der Waals surface area contributed by atoms with Crippen LogP contribution in [0.4, 0.5) is 9.18 Å². The van der Waals surface area contributed by atoms with E-state index in [2.05, 4.69) is 10.6 Å². The molecule has 0 aliphatic carbocycles. The molecule has 1 unspecified atom stereocenters. The van der Waals surface area contributed by atoms with Gasteiger partial charge in [0.1, 0.15) is 5.82 Å². The van der Waals surface area contributed by atoms with Gasteiger partial charge in [-0.05, 0) is 42.4 Å². The zero-order chi connectivity index (χ0) is 16.8. The number of aliphatic hydroxyl groups is 1. The van der Waals surface area contributed by atoms with Crippen LogP contribution in [0.15, 0.2) is 18.2 Å². The second kappa shape index (κ2) is 8.39. The molecule has 0 aliphatic rings. The molecule has 1 rings (SSSR count). The number of nitrogens with one attached hydrogen (secondary N) is 2. The largest absolute Gasteiger partial charge is 0.388 e. The number of benzene rings is 1. The van der Waals surface area contributed by atoms with Gasteiger partial charge >= 0.3 is 6.03 Å². The van der Waals surface area contributed by atoms with Gasteiger partial charge in [0, 0.05) is 18.8 Å². The highest BCUT2D eigenvalue weighted by molar-refractivity contribution is 7.97. The summed E-state index contributed by atoms with van der Waals surface area (Å²) >= 11 is 1.60. The zero-order valence-corrected chi connectivity index (χ0v) is 14.4. The molecule has 0 aromatic heterocycles. The molecule has 124 valence electrons. The molecule has 0 heterocycles. The van der Waals surface area contributed by atoms with E-state index in [-0.39, 0.29) is 24.3 Å². The molecular formula is C16H25FN2O2S. The Labute approximate surface area is 135 Å². The second-order valence-corrected chi connectivity index (χ2v) is 6.76. The Bertz CT molecular complexity index is 507. The Morgan fingerprint density at radius 3 is 2.64 bits per heavy atom. The summed E-state index contributed by atoms with van der Waals surface area (Å²) in [6.07, 6.45) is 1.95. The number of hydrogen-bond acceptors (Lipinski definition) is 3. The number of urea groups is 1. The Morgan fingerprint density at radius 1 is 1.36 bits per heavy atom. The van der Waals surface area contributed by atoms with Crippen LogP contribution < -0.4 is 10.6 Å². The van der Waals surface area contributed by atoms with E-state index in [1.54, 1.807) is 24.8 Å². The molecule has 1 aromatic rings. The maximum atomic E-state index is 13.3. The minimum absolute atomic E-state index is 0.0399. The van der Waals surface area contributed by atoms with Gasteiger partial charge in [-0.25, -0.2) is 9.18 Å². The van der Waals surface area contributed by atoms with Crippen LogP contribution >= 0.6 is 11.8 Å². The summed E-state index contributed by atoms with van der Waals surface area (Å²) in [6, 6.07) is 4.23. The van der Waals surface area contributed by atoms with E-state index in [1.165, 1.54) is 12.1 Å². The SMILES string of the molecule is CSCc1cc(F)ccc1CNC(=O)NCC(C)(O)C(C)C. The Balaban J connectivity index is 2.54. The molecule has 0 saturated carbocycles. The number of amides is 2. The number of carbonyl (C=O) groups is 1. The number of carbonyl (C=O) groups excluding carboxylic acids is 1. The third kappa shape index (κ3) is 5.85. The molecule has 0 radical (unpaired) electrons. The highest BCUT2D eigenvalue weighted by Gasteiger charge is 2.25. The Morgan fingerprint density at radius 2 is 2.05 bits per heavy atom. The summed E-state index contributed by atoms with van der Waals surface area (Å²) < 4.78 is 13.3. The molecule has 22 heavy (non-hydrogen) atoms. The first-order valence-electron chi connectivity index (χ1n) is 7.26. The monoisotopic (exact) mass is 328 g/mol. The standard InChI is InChI=1S/C16H25FN2O2S/c1-11(2)16(3,21)10-19-15(20)18-8-12-5-6-14(17)7-13(12)9-22-4/h5-7,11,21H,8-10H2,1-4H3,(H2,18,19,20). The van der Waals surface area contributed by atoms with E-state index in [0.29, 0.717) is 12.3 Å². The van der Waals surface area contributed by atoms with Crippen LogP contribution in [0.5, 0.6) is 0 Å². The van der Waals surface area contributed by atoms with Crippen molar-refractivity contribution in [2.24, 2.45) is 5.92 Å². The minimum atomic E-state index is -0.947. The molecule has 3 N–H and O–H groups in total. The van der Waals surface area contributed by atoms with E-state index >= 15 is 0 Å². The van der Waals surface area contributed by atoms with Crippen molar-refractivity contribution >= 4 is 17.8 Å². The lowest BCUT2D eigenvalue weighted by molar-refractivity contribution is 0.0166. The van der Waals surface area contributed by atoms with Gasteiger partial charge in [-0.15, -0.1) is 0 Å². The summed E-state index contributed by atoms with van der Waals surface area (Å²) in [6.45, 7) is 5.98. The summed E-state index contributed by atoms with van der Waals surface area (Å²) in [5.41, 5.74) is 0.820. The Hall–Kier alpha value is -1.27. The number of halogens is 1. The van der Waals surface area contributed by atoms with Crippen molar-refractivity contribution < 1.29 is 14.3 Å². The van der Waals surface area contributed by atoms with Gasteiger partial charge in [-0.1, -0.05) is 19.9 Å². The molecule has 2 amide bonds. The molecule has 0 spiro atoms. The third-order valence-electron chi connectivity index (χ3n) is 3.76. The lowest BCUT2D eigenvalue weighted by atomic mass is 9.93. The molecule has 1 atom stereocenters. The first-order chi connectivity index (χ1) is 10.3. The van der Waals surface area contributed by atoms with Crippen molar-refractivity contribution in [3.8, 4) is 0 Å². The maximum Gasteiger partial charge on any atom is 0.315 e. The van der Waals surface area contributed by atoms with Gasteiger partial charge in [0.15, 0.2) is 0 Å². The van der Waals surface area contributed by atoms with Crippen LogP contribution in [0.1, 0.15) is 31.9 Å². The minimum Gasteiger partial charge on any atom is -0.388 e. The first kappa shape index (κ1) is 18.8. The molecule has 0 fully saturated rings. The predicted octanol–water partition coefficient (Wildman–Crippen LogP) is 2.89. The highest BCUT2D eigenvalue weighted by atomic mass is 32.2. The third-order valence-corrected chi connectivity index (χ3v) is 4.36. The lowest BCUT2D eigenvalue weighted by Gasteiger charge is -2.27. The fourth-order valence-corrected chi connectivity index (χ4v) is 2.34. The van der Waals surface area contributed by atoms with Crippen molar-refractivity contribution in [1.29, 1.82) is 0 Å². The second-order valence-electron chi connectivity index (χ2n) is 5.89. The maximum absolute atomic E-state index is 13.3. The topological polar surface area (TPSA) is 61.4 Å². The van der Waals surface area contributed by atoms with Gasteiger partial charge in [0.05, 0.1) is 5.60 Å². The predicted molar refractivity (Wildman–Crippen MR) is 89.3 cm³/mol. The van der Waals surface area contributed by atoms with E-state index in [1.807, 2.05) is 20.1 Å². The van der Waals surface area contributed by atoms with Crippen molar-refractivity contribution in [2.45, 2.75) is 38.7 Å². The van der Waals surface area contributed by atoms with Crippen LogP contribution in [-0.4, -0.2) is 29.5 Å². The van der Waals surface area contributed by atoms with Crippen LogP contribution in [0.2, 0.25) is 0 Å². The number of thioether (sulfide) groups is 1. The molecule has 6 heteroatoms. The summed E-state index contributed by atoms with van der Waals surface area (Å²) in [4.78, 5) is 11.8. The smallest absolute Gasteiger partial charge is 0.315 e. The average molecular weight is 328 g/mol. The lowest BCUT2D eigenvalue weighted by Crippen LogP contribution is -2.47. The highest BCUT2D eigenvalue weighted by Crippen LogP contribution is 2.17. The van der Waals surface area contributed by atoms with E-state index in [9.17, 15) is 14.3 Å². The molecule has 4 nitrogen and oxygen atoms in total. The van der Waals surface area contributed by atoms with Crippen molar-refractivity contribution in [1.82, 2.24) is 10.6 Å². The molecule has 0 saturated heterocycles. The summed E-state index contributed by atoms with van der Waals surface area (Å²) in [5, 5.41) is 15.5. The van der Waals surface area contributed by atoms with Crippen LogP contribution in [0.25, 0.3) is 0 Å².